The first-order chi connectivity index (χ1) is 10.4. The Labute approximate surface area is 130 Å². The maximum atomic E-state index is 11.2. The van der Waals surface area contributed by atoms with Crippen LogP contribution in [0, 0.1) is 0 Å². The van der Waals surface area contributed by atoms with Gasteiger partial charge < -0.3 is 24.1 Å². The van der Waals surface area contributed by atoms with E-state index in [1.54, 1.807) is 13.8 Å². The van der Waals surface area contributed by atoms with Gasteiger partial charge in [-0.1, -0.05) is 13.2 Å². The predicted molar refractivity (Wildman–Crippen MR) is 79.1 cm³/mol. The van der Waals surface area contributed by atoms with Crippen molar-refractivity contribution in [2.75, 3.05) is 26.4 Å². The molecule has 0 aliphatic rings. The molecule has 0 aromatic heterocycles. The van der Waals surface area contributed by atoms with Crippen LogP contribution >= 0.6 is 0 Å². The average Bonchev–Trinajstić information content (AvgIpc) is 2.49. The third kappa shape index (κ3) is 11.0. The van der Waals surface area contributed by atoms with E-state index < -0.39 is 24.1 Å². The fourth-order valence-corrected chi connectivity index (χ4v) is 1.28. The van der Waals surface area contributed by atoms with E-state index in [0.29, 0.717) is 0 Å². The summed E-state index contributed by atoms with van der Waals surface area (Å²) >= 11 is 0. The summed E-state index contributed by atoms with van der Waals surface area (Å²) in [5.41, 5.74) is 0. The highest BCUT2D eigenvalue weighted by Crippen LogP contribution is 2.00. The minimum atomic E-state index is -0.752. The molecular weight excluding hydrogens is 292 g/mol. The largest absolute Gasteiger partial charge is 0.458 e. The summed E-state index contributed by atoms with van der Waals surface area (Å²) in [5.74, 6) is -1.25. The number of aliphatic hydroxyl groups excluding tert-OH is 1. The molecule has 0 bridgehead atoms. The lowest BCUT2D eigenvalue weighted by atomic mass is 10.3. The van der Waals surface area contributed by atoms with Crippen LogP contribution in [0.2, 0.25) is 0 Å². The predicted octanol–water partition coefficient (Wildman–Crippen LogP) is 0.616. The first-order valence-corrected chi connectivity index (χ1v) is 6.88. The van der Waals surface area contributed by atoms with Gasteiger partial charge in [-0.2, -0.15) is 0 Å². The van der Waals surface area contributed by atoms with Gasteiger partial charge in [-0.15, -0.1) is 0 Å². The number of hydrogen-bond donors (Lipinski definition) is 1. The Morgan fingerprint density at radius 1 is 1.05 bits per heavy atom. The van der Waals surface area contributed by atoms with Crippen LogP contribution in [0.4, 0.5) is 0 Å². The van der Waals surface area contributed by atoms with E-state index in [1.165, 1.54) is 0 Å². The van der Waals surface area contributed by atoms with Gasteiger partial charge in [0.05, 0.1) is 32.0 Å². The lowest BCUT2D eigenvalue weighted by Gasteiger charge is -2.19. The number of rotatable bonds is 12. The van der Waals surface area contributed by atoms with Crippen molar-refractivity contribution in [3.8, 4) is 0 Å². The van der Waals surface area contributed by atoms with Crippen LogP contribution in [-0.4, -0.2) is 61.8 Å². The van der Waals surface area contributed by atoms with Gasteiger partial charge in [-0.05, 0) is 13.8 Å². The second kappa shape index (κ2) is 11.9. The van der Waals surface area contributed by atoms with Crippen molar-refractivity contribution in [1.29, 1.82) is 0 Å². The molecule has 0 aliphatic heterocycles. The first kappa shape index (κ1) is 20.3. The summed E-state index contributed by atoms with van der Waals surface area (Å²) in [7, 11) is 0. The third-order valence-electron chi connectivity index (χ3n) is 2.31. The Bertz CT molecular complexity index is 365. The number of aliphatic hydroxyl groups is 1. The second-order valence-corrected chi connectivity index (χ2v) is 4.63. The molecule has 0 aromatic carbocycles. The van der Waals surface area contributed by atoms with E-state index in [0.717, 1.165) is 12.2 Å². The molecular formula is C15H24O7. The normalized spacial score (nSPS) is 14.5. The van der Waals surface area contributed by atoms with Crippen molar-refractivity contribution in [3.63, 3.8) is 0 Å². The topological polar surface area (TPSA) is 91.3 Å². The number of hydrogen-bond acceptors (Lipinski definition) is 7. The van der Waals surface area contributed by atoms with E-state index >= 15 is 0 Å². The number of carbonyl (C=O) groups excluding carboxylic acids is 2. The van der Waals surface area contributed by atoms with Gasteiger partial charge >= 0.3 is 11.9 Å². The number of carbonyl (C=O) groups is 2. The quantitative estimate of drug-likeness (QED) is 0.417. The molecule has 0 saturated carbocycles. The number of esters is 2. The summed E-state index contributed by atoms with van der Waals surface area (Å²) in [6.07, 6.45) is 0.483. The summed E-state index contributed by atoms with van der Waals surface area (Å²) in [6.45, 7) is 10.3. The van der Waals surface area contributed by atoms with E-state index in [9.17, 15) is 9.59 Å². The highest BCUT2D eigenvalue weighted by atomic mass is 16.6. The van der Waals surface area contributed by atoms with E-state index in [-0.39, 0.29) is 32.5 Å². The van der Waals surface area contributed by atoms with Gasteiger partial charge in [-0.25, -0.2) is 9.59 Å². The Kier molecular flexibility index (Phi) is 11.0. The Balaban J connectivity index is 4.15. The highest BCUT2D eigenvalue weighted by molar-refractivity contribution is 5.82. The molecule has 3 unspecified atom stereocenters. The van der Waals surface area contributed by atoms with Crippen LogP contribution in [0.25, 0.3) is 0 Å². The minimum Gasteiger partial charge on any atom is -0.458 e. The molecule has 0 spiro atoms. The van der Waals surface area contributed by atoms with Crippen molar-refractivity contribution in [3.05, 3.63) is 25.3 Å². The van der Waals surface area contributed by atoms with Crippen LogP contribution in [0.15, 0.2) is 25.3 Å². The Morgan fingerprint density at radius 2 is 1.68 bits per heavy atom. The molecule has 22 heavy (non-hydrogen) atoms. The third-order valence-corrected chi connectivity index (χ3v) is 2.31. The smallest absolute Gasteiger partial charge is 0.330 e. The SMILES string of the molecule is C=CC(=O)OCC(COCC(C)OCC(C)O)OC(=O)C=C. The highest BCUT2D eigenvalue weighted by Gasteiger charge is 2.16. The maximum absolute atomic E-state index is 11.2. The molecule has 0 radical (unpaired) electrons. The van der Waals surface area contributed by atoms with E-state index in [1.807, 2.05) is 0 Å². The van der Waals surface area contributed by atoms with Crippen molar-refractivity contribution >= 4 is 11.9 Å². The lowest BCUT2D eigenvalue weighted by molar-refractivity contribution is -0.157. The molecule has 0 rings (SSSR count). The molecule has 126 valence electrons. The number of ether oxygens (including phenoxy) is 4. The second-order valence-electron chi connectivity index (χ2n) is 4.63. The van der Waals surface area contributed by atoms with Crippen LogP contribution in [0.5, 0.6) is 0 Å². The minimum absolute atomic E-state index is 0.0341. The Morgan fingerprint density at radius 3 is 2.23 bits per heavy atom. The zero-order chi connectivity index (χ0) is 17.0. The fraction of sp³-hybridized carbons (Fsp3) is 0.600. The average molecular weight is 316 g/mol. The van der Waals surface area contributed by atoms with Crippen molar-refractivity contribution in [2.45, 2.75) is 32.2 Å². The molecule has 0 heterocycles. The van der Waals surface area contributed by atoms with Gasteiger partial charge in [0.1, 0.15) is 6.61 Å². The van der Waals surface area contributed by atoms with Crippen molar-refractivity contribution in [1.82, 2.24) is 0 Å². The Hall–Kier alpha value is -1.70. The molecule has 3 atom stereocenters. The monoisotopic (exact) mass is 316 g/mol. The standard InChI is InChI=1S/C15H24O7/c1-5-14(17)21-10-13(22-15(18)6-2)9-19-8-12(4)20-7-11(3)16/h5-6,11-13,16H,1-2,7-10H2,3-4H3. The van der Waals surface area contributed by atoms with Gasteiger partial charge in [-0.3, -0.25) is 0 Å². The van der Waals surface area contributed by atoms with Gasteiger partial charge in [0.15, 0.2) is 6.10 Å². The van der Waals surface area contributed by atoms with Gasteiger partial charge in [0.2, 0.25) is 0 Å². The zero-order valence-electron chi connectivity index (χ0n) is 13.0. The summed E-state index contributed by atoms with van der Waals surface area (Å²) < 4.78 is 20.5. The molecule has 0 aliphatic carbocycles. The molecule has 0 fully saturated rings. The van der Waals surface area contributed by atoms with Crippen molar-refractivity contribution in [2.24, 2.45) is 0 Å². The molecule has 7 heteroatoms. The molecule has 0 amide bonds. The summed E-state index contributed by atoms with van der Waals surface area (Å²) in [5, 5.41) is 9.10. The van der Waals surface area contributed by atoms with Gasteiger partial charge in [0, 0.05) is 12.2 Å². The fourth-order valence-electron chi connectivity index (χ4n) is 1.28. The van der Waals surface area contributed by atoms with Crippen LogP contribution in [0.3, 0.4) is 0 Å². The molecule has 0 saturated heterocycles. The lowest BCUT2D eigenvalue weighted by Crippen LogP contribution is -2.31. The summed E-state index contributed by atoms with van der Waals surface area (Å²) in [6, 6.07) is 0. The molecule has 0 aromatic rings. The van der Waals surface area contributed by atoms with E-state index in [2.05, 4.69) is 13.2 Å². The maximum Gasteiger partial charge on any atom is 0.330 e. The molecule has 7 nitrogen and oxygen atoms in total. The van der Waals surface area contributed by atoms with E-state index in [4.69, 9.17) is 24.1 Å². The summed E-state index contributed by atoms with van der Waals surface area (Å²) in [4.78, 5) is 22.2. The molecule has 1 N–H and O–H groups in total. The zero-order valence-corrected chi connectivity index (χ0v) is 13.0. The van der Waals surface area contributed by atoms with Gasteiger partial charge in [0.25, 0.3) is 0 Å². The van der Waals surface area contributed by atoms with Crippen LogP contribution in [-0.2, 0) is 28.5 Å². The van der Waals surface area contributed by atoms with Crippen molar-refractivity contribution < 1.29 is 33.6 Å². The first-order valence-electron chi connectivity index (χ1n) is 6.88. The van der Waals surface area contributed by atoms with Crippen LogP contribution in [0.1, 0.15) is 13.8 Å². The van der Waals surface area contributed by atoms with Crippen LogP contribution < -0.4 is 0 Å².